The summed E-state index contributed by atoms with van der Waals surface area (Å²) >= 11 is 0. The number of nitrogens with one attached hydrogen (secondary N) is 1. The third kappa shape index (κ3) is 3.19. The van der Waals surface area contributed by atoms with E-state index in [-0.39, 0.29) is 11.7 Å². The van der Waals surface area contributed by atoms with Crippen LogP contribution in [0.5, 0.6) is 5.75 Å². The van der Waals surface area contributed by atoms with Crippen molar-refractivity contribution in [3.8, 4) is 5.75 Å². The van der Waals surface area contributed by atoms with E-state index in [1.165, 1.54) is 0 Å². The van der Waals surface area contributed by atoms with Crippen LogP contribution in [0.2, 0.25) is 0 Å². The first-order chi connectivity index (χ1) is 9.47. The van der Waals surface area contributed by atoms with Gasteiger partial charge < -0.3 is 10.8 Å². The molecule has 2 rings (SSSR count). The number of benzene rings is 1. The zero-order valence-electron chi connectivity index (χ0n) is 11.6. The van der Waals surface area contributed by atoms with Crippen LogP contribution in [0.15, 0.2) is 36.4 Å². The number of amides is 1. The lowest BCUT2D eigenvalue weighted by atomic mass is 10.1. The summed E-state index contributed by atoms with van der Waals surface area (Å²) in [7, 11) is 0. The summed E-state index contributed by atoms with van der Waals surface area (Å²) in [4.78, 5) is 12.1. The predicted molar refractivity (Wildman–Crippen MR) is 78.1 cm³/mol. The van der Waals surface area contributed by atoms with Crippen molar-refractivity contribution < 1.29 is 9.90 Å². The Hall–Kier alpha value is -2.27. The number of carbonyl (C=O) groups excluding carboxylic acids is 1. The van der Waals surface area contributed by atoms with Crippen LogP contribution in [0.3, 0.4) is 0 Å². The maximum Gasteiger partial charge on any atom is 0.256 e. The molecule has 0 aliphatic rings. The number of hydrogen-bond donors (Lipinski definition) is 3. The Morgan fingerprint density at radius 1 is 1.20 bits per heavy atom. The highest BCUT2D eigenvalue weighted by molar-refractivity contribution is 5.89. The van der Waals surface area contributed by atoms with Gasteiger partial charge in [-0.05, 0) is 50.1 Å². The molecule has 0 fully saturated rings. The van der Waals surface area contributed by atoms with Crippen LogP contribution >= 0.6 is 0 Å². The molecular formula is C15H19N3O2. The van der Waals surface area contributed by atoms with Gasteiger partial charge in [-0.25, -0.2) is 0 Å². The number of aromatic nitrogens is 1. The van der Waals surface area contributed by atoms with Gasteiger partial charge in [-0.3, -0.25) is 14.9 Å². The van der Waals surface area contributed by atoms with E-state index in [1.807, 2.05) is 26.0 Å². The zero-order chi connectivity index (χ0) is 14.7. The smallest absolute Gasteiger partial charge is 0.256 e. The van der Waals surface area contributed by atoms with Crippen LogP contribution < -0.4 is 11.2 Å². The standard InChI is InChI=1S/C15H19N3O2/c1-10-3-4-11(2)18(10)17-15(20)14(16)9-12-5-7-13(19)8-6-12/h3-8,14,19H,9,16H2,1-2H3,(H,17,20)/t14-/m0/s1. The van der Waals surface area contributed by atoms with Gasteiger partial charge in [-0.15, -0.1) is 0 Å². The van der Waals surface area contributed by atoms with E-state index >= 15 is 0 Å². The van der Waals surface area contributed by atoms with E-state index in [9.17, 15) is 9.90 Å². The minimum absolute atomic E-state index is 0.199. The summed E-state index contributed by atoms with van der Waals surface area (Å²) in [6.07, 6.45) is 0.422. The normalized spacial score (nSPS) is 12.2. The molecule has 0 aliphatic carbocycles. The molecule has 20 heavy (non-hydrogen) atoms. The number of phenolic OH excluding ortho intramolecular Hbond substituents is 1. The van der Waals surface area contributed by atoms with Gasteiger partial charge in [0.05, 0.1) is 6.04 Å². The van der Waals surface area contributed by atoms with E-state index in [1.54, 1.807) is 28.9 Å². The largest absolute Gasteiger partial charge is 0.508 e. The third-order valence-electron chi connectivity index (χ3n) is 3.22. The van der Waals surface area contributed by atoms with E-state index in [0.717, 1.165) is 17.0 Å². The first-order valence-electron chi connectivity index (χ1n) is 6.46. The fraction of sp³-hybridized carbons (Fsp3) is 0.267. The number of phenols is 1. The van der Waals surface area contributed by atoms with E-state index < -0.39 is 6.04 Å². The molecule has 1 atom stereocenters. The fourth-order valence-electron chi connectivity index (χ4n) is 2.02. The van der Waals surface area contributed by atoms with Gasteiger partial charge in [0.1, 0.15) is 5.75 Å². The molecule has 0 saturated heterocycles. The Morgan fingerprint density at radius 3 is 2.30 bits per heavy atom. The lowest BCUT2D eigenvalue weighted by Crippen LogP contribution is -2.41. The minimum atomic E-state index is -0.638. The van der Waals surface area contributed by atoms with Crippen molar-refractivity contribution in [1.82, 2.24) is 4.68 Å². The highest BCUT2D eigenvalue weighted by Gasteiger charge is 2.15. The van der Waals surface area contributed by atoms with E-state index in [4.69, 9.17) is 5.73 Å². The molecular weight excluding hydrogens is 254 g/mol. The molecule has 0 aliphatic heterocycles. The van der Waals surface area contributed by atoms with Crippen molar-refractivity contribution in [3.05, 3.63) is 53.3 Å². The second-order valence-electron chi connectivity index (χ2n) is 4.90. The van der Waals surface area contributed by atoms with Crippen molar-refractivity contribution in [2.45, 2.75) is 26.3 Å². The van der Waals surface area contributed by atoms with Crippen molar-refractivity contribution >= 4 is 5.91 Å². The predicted octanol–water partition coefficient (Wildman–Crippen LogP) is 1.45. The Kier molecular flexibility index (Phi) is 4.10. The van der Waals surface area contributed by atoms with Gasteiger partial charge in [-0.1, -0.05) is 12.1 Å². The summed E-state index contributed by atoms with van der Waals surface area (Å²) in [5, 5.41) is 9.22. The van der Waals surface area contributed by atoms with Gasteiger partial charge in [0, 0.05) is 11.4 Å². The van der Waals surface area contributed by atoms with E-state index in [2.05, 4.69) is 5.43 Å². The lowest BCUT2D eigenvalue weighted by molar-refractivity contribution is -0.118. The molecule has 1 amide bonds. The van der Waals surface area contributed by atoms with Crippen LogP contribution in [-0.2, 0) is 11.2 Å². The highest BCUT2D eigenvalue weighted by atomic mass is 16.3. The Labute approximate surface area is 118 Å². The van der Waals surface area contributed by atoms with Crippen LogP contribution in [0, 0.1) is 13.8 Å². The first-order valence-corrected chi connectivity index (χ1v) is 6.46. The molecule has 0 radical (unpaired) electrons. The average Bonchev–Trinajstić information content (AvgIpc) is 2.73. The molecule has 0 unspecified atom stereocenters. The summed E-state index contributed by atoms with van der Waals surface area (Å²) in [5.74, 6) is -0.0363. The van der Waals surface area contributed by atoms with Crippen molar-refractivity contribution in [2.75, 3.05) is 5.43 Å². The Bertz CT molecular complexity index is 583. The fourth-order valence-corrected chi connectivity index (χ4v) is 2.02. The number of carbonyl (C=O) groups is 1. The summed E-state index contributed by atoms with van der Waals surface area (Å²) in [6, 6.07) is 9.91. The molecule has 0 saturated carbocycles. The van der Waals surface area contributed by atoms with Crippen LogP contribution in [0.1, 0.15) is 17.0 Å². The van der Waals surface area contributed by atoms with Gasteiger partial charge in [-0.2, -0.15) is 0 Å². The van der Waals surface area contributed by atoms with Gasteiger partial charge in [0.25, 0.3) is 5.91 Å². The van der Waals surface area contributed by atoms with Crippen molar-refractivity contribution in [2.24, 2.45) is 5.73 Å². The Balaban J connectivity index is 2.00. The Morgan fingerprint density at radius 2 is 1.75 bits per heavy atom. The molecule has 106 valence electrons. The molecule has 1 aromatic heterocycles. The van der Waals surface area contributed by atoms with Gasteiger partial charge in [0.15, 0.2) is 0 Å². The van der Waals surface area contributed by atoms with Crippen LogP contribution in [0.25, 0.3) is 0 Å². The zero-order valence-corrected chi connectivity index (χ0v) is 11.6. The molecule has 1 aromatic carbocycles. The molecule has 1 heterocycles. The van der Waals surface area contributed by atoms with Crippen LogP contribution in [0.4, 0.5) is 0 Å². The highest BCUT2D eigenvalue weighted by Crippen LogP contribution is 2.11. The molecule has 2 aromatic rings. The molecule has 0 bridgehead atoms. The number of rotatable bonds is 4. The topological polar surface area (TPSA) is 80.3 Å². The maximum absolute atomic E-state index is 12.1. The number of hydrogen-bond acceptors (Lipinski definition) is 3. The number of aromatic hydroxyl groups is 1. The van der Waals surface area contributed by atoms with Gasteiger partial charge >= 0.3 is 0 Å². The van der Waals surface area contributed by atoms with Crippen LogP contribution in [-0.4, -0.2) is 21.7 Å². The number of nitrogens with two attached hydrogens (primary N) is 1. The van der Waals surface area contributed by atoms with Crippen molar-refractivity contribution in [3.63, 3.8) is 0 Å². The lowest BCUT2D eigenvalue weighted by Gasteiger charge is -2.15. The quantitative estimate of drug-likeness (QED) is 0.788. The monoisotopic (exact) mass is 273 g/mol. The third-order valence-corrected chi connectivity index (χ3v) is 3.22. The number of nitrogens with zero attached hydrogens (tertiary/aromatic N) is 1. The summed E-state index contributed by atoms with van der Waals surface area (Å²) in [6.45, 7) is 3.83. The first kappa shape index (κ1) is 14.1. The van der Waals surface area contributed by atoms with E-state index in [0.29, 0.717) is 6.42 Å². The SMILES string of the molecule is Cc1ccc(C)n1NC(=O)[C@@H](N)Cc1ccc(O)cc1. The van der Waals surface area contributed by atoms with Crippen molar-refractivity contribution in [1.29, 1.82) is 0 Å². The summed E-state index contributed by atoms with van der Waals surface area (Å²) in [5.41, 5.74) is 11.5. The second kappa shape index (κ2) is 5.79. The minimum Gasteiger partial charge on any atom is -0.508 e. The molecule has 5 nitrogen and oxygen atoms in total. The number of aryl methyl sites for hydroxylation is 2. The molecule has 4 N–H and O–H groups in total. The molecule has 5 heteroatoms. The van der Waals surface area contributed by atoms with Gasteiger partial charge in [0.2, 0.25) is 0 Å². The second-order valence-corrected chi connectivity index (χ2v) is 4.90. The average molecular weight is 273 g/mol. The maximum atomic E-state index is 12.1. The summed E-state index contributed by atoms with van der Waals surface area (Å²) < 4.78 is 1.72. The molecule has 0 spiro atoms.